The van der Waals surface area contributed by atoms with Gasteiger partial charge in [-0.1, -0.05) is 25.1 Å². The monoisotopic (exact) mass is 254 g/mol. The molecule has 2 nitrogen and oxygen atoms in total. The van der Waals surface area contributed by atoms with Gasteiger partial charge in [-0.05, 0) is 55.8 Å². The first-order valence-electron chi connectivity index (χ1n) is 7.66. The number of para-hydroxylation sites is 1. The van der Waals surface area contributed by atoms with Gasteiger partial charge in [0.2, 0.25) is 0 Å². The highest BCUT2D eigenvalue weighted by Gasteiger charge is 2.34. The van der Waals surface area contributed by atoms with E-state index in [1.165, 1.54) is 55.5 Å². The van der Waals surface area contributed by atoms with Crippen LogP contribution in [0.3, 0.4) is 0 Å². The molecule has 2 aliphatic rings. The Hall–Kier alpha value is -1.28. The Morgan fingerprint density at radius 2 is 2.11 bits per heavy atom. The molecule has 100 valence electrons. The molecule has 1 aromatic carbocycles. The fourth-order valence-corrected chi connectivity index (χ4v) is 4.13. The average Bonchev–Trinajstić information content (AvgIpc) is 2.82. The second kappa shape index (κ2) is 4.38. The lowest BCUT2D eigenvalue weighted by atomic mass is 9.74. The van der Waals surface area contributed by atoms with E-state index >= 15 is 0 Å². The van der Waals surface area contributed by atoms with Gasteiger partial charge in [0.05, 0.1) is 0 Å². The highest BCUT2D eigenvalue weighted by atomic mass is 15.1. The first-order valence-corrected chi connectivity index (χ1v) is 7.66. The smallest absolute Gasteiger partial charge is 0.0458 e. The predicted octanol–water partition coefficient (Wildman–Crippen LogP) is 3.22. The summed E-state index contributed by atoms with van der Waals surface area (Å²) in [4.78, 5) is 6.29. The van der Waals surface area contributed by atoms with E-state index in [1.807, 2.05) is 0 Å². The number of fused-ring (bicyclic) bond motifs is 4. The van der Waals surface area contributed by atoms with Gasteiger partial charge >= 0.3 is 0 Å². The van der Waals surface area contributed by atoms with Crippen molar-refractivity contribution in [1.82, 2.24) is 9.88 Å². The molecule has 1 aromatic heterocycles. The third-order valence-corrected chi connectivity index (χ3v) is 5.26. The van der Waals surface area contributed by atoms with Crippen molar-refractivity contribution in [2.24, 2.45) is 11.8 Å². The molecule has 0 saturated carbocycles. The topological polar surface area (TPSA) is 19.0 Å². The number of nitrogens with zero attached hydrogens (tertiary/aromatic N) is 1. The molecular formula is C17H22N2. The minimum Gasteiger partial charge on any atom is -0.358 e. The van der Waals surface area contributed by atoms with Crippen molar-refractivity contribution in [3.63, 3.8) is 0 Å². The summed E-state index contributed by atoms with van der Waals surface area (Å²) in [5.41, 5.74) is 4.46. The summed E-state index contributed by atoms with van der Waals surface area (Å²) in [5, 5.41) is 1.46. The second-order valence-corrected chi connectivity index (χ2v) is 6.24. The van der Waals surface area contributed by atoms with Gasteiger partial charge in [0.25, 0.3) is 0 Å². The third-order valence-electron chi connectivity index (χ3n) is 5.26. The number of piperidine rings is 1. The number of H-pyrrole nitrogens is 1. The first kappa shape index (κ1) is 11.5. The molecular weight excluding hydrogens is 232 g/mol. The largest absolute Gasteiger partial charge is 0.358 e. The highest BCUT2D eigenvalue weighted by molar-refractivity contribution is 5.84. The molecule has 19 heavy (non-hydrogen) atoms. The van der Waals surface area contributed by atoms with E-state index in [-0.39, 0.29) is 0 Å². The van der Waals surface area contributed by atoms with Gasteiger partial charge in [0, 0.05) is 23.1 Å². The van der Waals surface area contributed by atoms with Gasteiger partial charge in [0.1, 0.15) is 0 Å². The second-order valence-electron chi connectivity index (χ2n) is 6.24. The molecule has 0 spiro atoms. The molecule has 1 saturated heterocycles. The molecule has 2 aromatic rings. The van der Waals surface area contributed by atoms with Gasteiger partial charge < -0.3 is 9.88 Å². The van der Waals surface area contributed by atoms with Crippen molar-refractivity contribution in [1.29, 1.82) is 0 Å². The molecule has 0 radical (unpaired) electrons. The Morgan fingerprint density at radius 3 is 3.00 bits per heavy atom. The Morgan fingerprint density at radius 1 is 1.21 bits per heavy atom. The summed E-state index contributed by atoms with van der Waals surface area (Å²) in [7, 11) is 0. The van der Waals surface area contributed by atoms with Crippen LogP contribution in [0, 0.1) is 11.8 Å². The zero-order chi connectivity index (χ0) is 12.8. The lowest BCUT2D eigenvalue weighted by Gasteiger charge is -2.40. The van der Waals surface area contributed by atoms with Crippen molar-refractivity contribution < 1.29 is 0 Å². The zero-order valence-electron chi connectivity index (χ0n) is 11.7. The molecule has 1 fully saturated rings. The van der Waals surface area contributed by atoms with Crippen LogP contribution in [0.25, 0.3) is 10.9 Å². The molecule has 1 aliphatic carbocycles. The van der Waals surface area contributed by atoms with Crippen molar-refractivity contribution in [3.8, 4) is 0 Å². The first-order chi connectivity index (χ1) is 9.35. The number of likely N-dealkylation sites (tertiary alicyclic amines) is 1. The van der Waals surface area contributed by atoms with Crippen molar-refractivity contribution in [3.05, 3.63) is 35.5 Å². The maximum Gasteiger partial charge on any atom is 0.0458 e. The zero-order valence-corrected chi connectivity index (χ0v) is 11.7. The van der Waals surface area contributed by atoms with Crippen LogP contribution in [0.2, 0.25) is 0 Å². The maximum absolute atomic E-state index is 3.66. The van der Waals surface area contributed by atoms with Crippen LogP contribution in [0.4, 0.5) is 0 Å². The van der Waals surface area contributed by atoms with E-state index in [0.29, 0.717) is 0 Å². The van der Waals surface area contributed by atoms with Crippen LogP contribution < -0.4 is 0 Å². The Kier molecular flexibility index (Phi) is 2.66. The van der Waals surface area contributed by atoms with Crippen LogP contribution >= 0.6 is 0 Å². The average molecular weight is 254 g/mol. The van der Waals surface area contributed by atoms with Gasteiger partial charge in [0.15, 0.2) is 0 Å². The normalized spacial score (nSPS) is 27.2. The molecule has 1 N–H and O–H groups in total. The molecule has 2 atom stereocenters. The Balaban J connectivity index is 1.71. The van der Waals surface area contributed by atoms with E-state index in [0.717, 1.165) is 11.8 Å². The van der Waals surface area contributed by atoms with Gasteiger partial charge in [-0.25, -0.2) is 0 Å². The number of rotatable bonds is 1. The molecule has 2 unspecified atom stereocenters. The van der Waals surface area contributed by atoms with Crippen molar-refractivity contribution in [2.75, 3.05) is 19.6 Å². The van der Waals surface area contributed by atoms with Crippen LogP contribution in [0.1, 0.15) is 24.6 Å². The molecule has 2 heteroatoms. The SMILES string of the molecule is CCN1CCC2Cc3[nH]c4ccccc4c3CC2C1. The fraction of sp³-hybridized carbons (Fsp3) is 0.529. The molecule has 0 bridgehead atoms. The van der Waals surface area contributed by atoms with E-state index < -0.39 is 0 Å². The Bertz CT molecular complexity index is 598. The highest BCUT2D eigenvalue weighted by Crippen LogP contribution is 2.38. The third kappa shape index (κ3) is 1.81. The summed E-state index contributed by atoms with van der Waals surface area (Å²) in [6, 6.07) is 8.80. The van der Waals surface area contributed by atoms with Gasteiger partial charge in [-0.2, -0.15) is 0 Å². The summed E-state index contributed by atoms with van der Waals surface area (Å²) in [5.74, 6) is 1.78. The number of aromatic amines is 1. The molecule has 4 rings (SSSR count). The van der Waals surface area contributed by atoms with Crippen molar-refractivity contribution in [2.45, 2.75) is 26.2 Å². The van der Waals surface area contributed by atoms with Crippen molar-refractivity contribution >= 4 is 10.9 Å². The standard InChI is InChI=1S/C17H22N2/c1-2-19-8-7-12-10-17-15(9-13(12)11-19)14-5-3-4-6-16(14)18-17/h3-6,12-13,18H,2,7-11H2,1H3. The van der Waals surface area contributed by atoms with E-state index in [9.17, 15) is 0 Å². The summed E-state index contributed by atoms with van der Waals surface area (Å²) >= 11 is 0. The van der Waals surface area contributed by atoms with E-state index in [2.05, 4.69) is 41.1 Å². The molecule has 1 aliphatic heterocycles. The minimum absolute atomic E-state index is 0.875. The van der Waals surface area contributed by atoms with Crippen LogP contribution in [0.15, 0.2) is 24.3 Å². The van der Waals surface area contributed by atoms with Gasteiger partial charge in [-0.3, -0.25) is 0 Å². The van der Waals surface area contributed by atoms with E-state index in [4.69, 9.17) is 0 Å². The number of benzene rings is 1. The number of aromatic nitrogens is 1. The van der Waals surface area contributed by atoms with E-state index in [1.54, 1.807) is 5.56 Å². The fourth-order valence-electron chi connectivity index (χ4n) is 4.13. The lowest BCUT2D eigenvalue weighted by molar-refractivity contribution is 0.116. The summed E-state index contributed by atoms with van der Waals surface area (Å²) in [6.45, 7) is 6.11. The number of hydrogen-bond acceptors (Lipinski definition) is 1. The molecule has 0 amide bonds. The number of nitrogens with one attached hydrogen (secondary N) is 1. The number of hydrogen-bond donors (Lipinski definition) is 1. The summed E-state index contributed by atoms with van der Waals surface area (Å²) in [6.07, 6.45) is 3.93. The van der Waals surface area contributed by atoms with Crippen LogP contribution in [-0.2, 0) is 12.8 Å². The molecule has 2 heterocycles. The lowest BCUT2D eigenvalue weighted by Crippen LogP contribution is -2.43. The summed E-state index contributed by atoms with van der Waals surface area (Å²) < 4.78 is 0. The quantitative estimate of drug-likeness (QED) is 0.828. The minimum atomic E-state index is 0.875. The van der Waals surface area contributed by atoms with Crippen LogP contribution in [0.5, 0.6) is 0 Å². The van der Waals surface area contributed by atoms with Crippen LogP contribution in [-0.4, -0.2) is 29.5 Å². The Labute approximate surface area is 114 Å². The predicted molar refractivity (Wildman–Crippen MR) is 79.4 cm³/mol. The maximum atomic E-state index is 3.66. The van der Waals surface area contributed by atoms with Gasteiger partial charge in [-0.15, -0.1) is 0 Å².